The zero-order valence-electron chi connectivity index (χ0n) is 23.6. The summed E-state index contributed by atoms with van der Waals surface area (Å²) >= 11 is 12.2. The molecule has 6 rings (SSSR count). The molecule has 2 aliphatic rings. The highest BCUT2D eigenvalue weighted by Gasteiger charge is 2.41. The second-order valence-corrected chi connectivity index (χ2v) is 11.8. The second kappa shape index (κ2) is 10.8. The Morgan fingerprint density at radius 3 is 2.62 bits per heavy atom. The molecule has 0 radical (unpaired) electrons. The van der Waals surface area contributed by atoms with Crippen molar-refractivity contribution in [2.45, 2.75) is 58.8 Å². The SMILES string of the molecule is Cc1noc(C)c1-c1ccc(C(C)N2C[C@@H](CO)n3nc4c(c3C2=O)CN(C(=O)c2ccc(Cl)c(Cl)c2)[C@H](C)C4)cn1. The molecule has 2 amide bonds. The Bertz CT molecular complexity index is 1680. The minimum atomic E-state index is -0.421. The van der Waals surface area contributed by atoms with Gasteiger partial charge in [0.05, 0.1) is 57.9 Å². The van der Waals surface area contributed by atoms with Crippen molar-refractivity contribution >= 4 is 35.0 Å². The molecular formula is C30H30Cl2N6O4. The normalized spacial score (nSPS) is 19.1. The van der Waals surface area contributed by atoms with E-state index < -0.39 is 6.04 Å². The Labute approximate surface area is 252 Å². The molecule has 1 unspecified atom stereocenters. The first kappa shape index (κ1) is 28.4. The molecule has 4 aromatic rings. The molecule has 0 saturated carbocycles. The van der Waals surface area contributed by atoms with Crippen LogP contribution < -0.4 is 0 Å². The monoisotopic (exact) mass is 608 g/mol. The van der Waals surface area contributed by atoms with Gasteiger partial charge in [-0.15, -0.1) is 0 Å². The molecule has 0 spiro atoms. The van der Waals surface area contributed by atoms with Crippen LogP contribution in [-0.2, 0) is 13.0 Å². The van der Waals surface area contributed by atoms with Crippen molar-refractivity contribution in [3.63, 3.8) is 0 Å². The summed E-state index contributed by atoms with van der Waals surface area (Å²) in [6.07, 6.45) is 2.24. The van der Waals surface area contributed by atoms with Gasteiger partial charge in [-0.2, -0.15) is 5.10 Å². The van der Waals surface area contributed by atoms with Gasteiger partial charge in [-0.3, -0.25) is 19.3 Å². The van der Waals surface area contributed by atoms with Crippen LogP contribution in [0, 0.1) is 13.8 Å². The quantitative estimate of drug-likeness (QED) is 0.331. The first-order chi connectivity index (χ1) is 20.1. The average Bonchev–Trinajstić information content (AvgIpc) is 3.52. The van der Waals surface area contributed by atoms with Crippen molar-refractivity contribution in [1.82, 2.24) is 29.7 Å². The highest BCUT2D eigenvalue weighted by molar-refractivity contribution is 6.42. The van der Waals surface area contributed by atoms with Gasteiger partial charge in [0.2, 0.25) is 0 Å². The number of hydrogen-bond donors (Lipinski definition) is 1. The Hall–Kier alpha value is -3.73. The first-order valence-electron chi connectivity index (χ1n) is 13.8. The predicted octanol–water partition coefficient (Wildman–Crippen LogP) is 5.19. The van der Waals surface area contributed by atoms with Gasteiger partial charge in [-0.25, -0.2) is 0 Å². The van der Waals surface area contributed by atoms with Gasteiger partial charge in [0.15, 0.2) is 0 Å². The lowest BCUT2D eigenvalue weighted by molar-refractivity contribution is 0.0513. The predicted molar refractivity (Wildman–Crippen MR) is 157 cm³/mol. The first-order valence-corrected chi connectivity index (χ1v) is 14.5. The van der Waals surface area contributed by atoms with Crippen LogP contribution in [0.25, 0.3) is 11.3 Å². The van der Waals surface area contributed by atoms with Crippen LogP contribution in [-0.4, -0.2) is 65.8 Å². The van der Waals surface area contributed by atoms with E-state index in [1.807, 2.05) is 39.8 Å². The number of pyridine rings is 1. The third-order valence-corrected chi connectivity index (χ3v) is 9.06. The molecule has 0 aliphatic carbocycles. The Balaban J connectivity index is 1.30. The number of nitrogens with zero attached hydrogens (tertiary/aromatic N) is 6. The van der Waals surface area contributed by atoms with E-state index in [4.69, 9.17) is 32.8 Å². The minimum Gasteiger partial charge on any atom is -0.394 e. The number of carbonyl (C=O) groups is 2. The van der Waals surface area contributed by atoms with Gasteiger partial charge in [-0.1, -0.05) is 34.4 Å². The molecule has 42 heavy (non-hydrogen) atoms. The lowest BCUT2D eigenvalue weighted by Gasteiger charge is -2.38. The highest BCUT2D eigenvalue weighted by Crippen LogP contribution is 2.36. The van der Waals surface area contributed by atoms with Crippen molar-refractivity contribution in [2.75, 3.05) is 13.2 Å². The summed E-state index contributed by atoms with van der Waals surface area (Å²) in [5, 5.41) is 19.8. The van der Waals surface area contributed by atoms with Gasteiger partial charge < -0.3 is 19.4 Å². The molecular weight excluding hydrogens is 579 g/mol. The fraction of sp³-hybridized carbons (Fsp3) is 0.367. The van der Waals surface area contributed by atoms with Crippen LogP contribution in [0.4, 0.5) is 0 Å². The standard InChI is InChI=1S/C30H30Cl2N6O4/c1-15-9-26-22(13-36(15)29(40)19-5-7-23(31)24(32)10-19)28-30(41)37(12-21(14-39)38(28)34-26)17(3)20-6-8-25(33-11-20)27-16(2)35-42-18(27)4/h5-8,10-11,15,17,21,39H,9,12-14H2,1-4H3/t15-,17?,21+/m1/s1. The lowest BCUT2D eigenvalue weighted by atomic mass is 9.96. The van der Waals surface area contributed by atoms with Crippen molar-refractivity contribution < 1.29 is 19.2 Å². The van der Waals surface area contributed by atoms with Crippen LogP contribution >= 0.6 is 23.2 Å². The van der Waals surface area contributed by atoms with Gasteiger partial charge in [0.1, 0.15) is 11.5 Å². The lowest BCUT2D eigenvalue weighted by Crippen LogP contribution is -2.46. The third kappa shape index (κ3) is 4.67. The molecule has 5 heterocycles. The number of rotatable bonds is 5. The smallest absolute Gasteiger partial charge is 0.273 e. The Kier molecular flexibility index (Phi) is 7.32. The van der Waals surface area contributed by atoms with E-state index in [2.05, 4.69) is 10.1 Å². The molecule has 0 saturated heterocycles. The summed E-state index contributed by atoms with van der Waals surface area (Å²) in [6, 6.07) is 7.75. The van der Waals surface area contributed by atoms with Crippen LogP contribution in [0.2, 0.25) is 10.0 Å². The zero-order valence-corrected chi connectivity index (χ0v) is 25.1. The van der Waals surface area contributed by atoms with E-state index in [0.29, 0.717) is 39.0 Å². The molecule has 0 bridgehead atoms. The molecule has 1 aromatic carbocycles. The van der Waals surface area contributed by atoms with E-state index >= 15 is 0 Å². The van der Waals surface area contributed by atoms with Crippen molar-refractivity contribution in [3.8, 4) is 11.3 Å². The van der Waals surface area contributed by atoms with Gasteiger partial charge >= 0.3 is 0 Å². The molecule has 0 fully saturated rings. The minimum absolute atomic E-state index is 0.156. The maximum absolute atomic E-state index is 14.1. The molecule has 2 aliphatic heterocycles. The van der Waals surface area contributed by atoms with E-state index in [9.17, 15) is 14.7 Å². The fourth-order valence-electron chi connectivity index (χ4n) is 5.94. The Morgan fingerprint density at radius 1 is 1.19 bits per heavy atom. The van der Waals surface area contributed by atoms with Crippen LogP contribution in [0.3, 0.4) is 0 Å². The molecule has 12 heteroatoms. The number of aryl methyl sites for hydroxylation is 2. The summed E-state index contributed by atoms with van der Waals surface area (Å²) < 4.78 is 6.93. The van der Waals surface area contributed by atoms with E-state index in [-0.39, 0.29) is 43.6 Å². The fourth-order valence-corrected chi connectivity index (χ4v) is 6.24. The number of aromatic nitrogens is 4. The van der Waals surface area contributed by atoms with E-state index in [1.165, 1.54) is 0 Å². The average molecular weight is 610 g/mol. The van der Waals surface area contributed by atoms with E-state index in [0.717, 1.165) is 28.2 Å². The van der Waals surface area contributed by atoms with Crippen molar-refractivity contribution in [2.24, 2.45) is 0 Å². The number of amides is 2. The topological polar surface area (TPSA) is 118 Å². The maximum atomic E-state index is 14.1. The number of aliphatic hydroxyl groups excluding tert-OH is 1. The van der Waals surface area contributed by atoms with Crippen LogP contribution in [0.5, 0.6) is 0 Å². The van der Waals surface area contributed by atoms with E-state index in [1.54, 1.807) is 38.9 Å². The third-order valence-electron chi connectivity index (χ3n) is 8.32. The van der Waals surface area contributed by atoms with Crippen molar-refractivity contribution in [3.05, 3.63) is 86.1 Å². The van der Waals surface area contributed by atoms with Crippen LogP contribution in [0.15, 0.2) is 41.1 Å². The molecule has 10 nitrogen and oxygen atoms in total. The Morgan fingerprint density at radius 2 is 1.98 bits per heavy atom. The van der Waals surface area contributed by atoms with Gasteiger partial charge in [0.25, 0.3) is 11.8 Å². The number of hydrogen-bond acceptors (Lipinski definition) is 7. The number of benzene rings is 1. The number of halogens is 2. The summed E-state index contributed by atoms with van der Waals surface area (Å²) in [6.45, 7) is 7.93. The summed E-state index contributed by atoms with van der Waals surface area (Å²) in [5.41, 5.74) is 5.50. The number of carbonyl (C=O) groups excluding carboxylic acids is 2. The summed E-state index contributed by atoms with van der Waals surface area (Å²) in [4.78, 5) is 35.7. The highest BCUT2D eigenvalue weighted by atomic mass is 35.5. The number of fused-ring (bicyclic) bond motifs is 3. The second-order valence-electron chi connectivity index (χ2n) is 11.0. The van der Waals surface area contributed by atoms with Crippen LogP contribution in [0.1, 0.15) is 75.1 Å². The molecule has 3 aromatic heterocycles. The molecule has 1 N–H and O–H groups in total. The maximum Gasteiger partial charge on any atom is 0.273 e. The molecule has 3 atom stereocenters. The number of aliphatic hydroxyl groups is 1. The summed E-state index contributed by atoms with van der Waals surface area (Å²) in [7, 11) is 0. The largest absolute Gasteiger partial charge is 0.394 e. The van der Waals surface area contributed by atoms with Gasteiger partial charge in [0, 0.05) is 36.3 Å². The zero-order chi connectivity index (χ0) is 29.9. The summed E-state index contributed by atoms with van der Waals surface area (Å²) in [5.74, 6) is 0.285. The van der Waals surface area contributed by atoms with Gasteiger partial charge in [-0.05, 0) is 57.5 Å². The van der Waals surface area contributed by atoms with Crippen molar-refractivity contribution in [1.29, 1.82) is 0 Å². The molecule has 218 valence electrons.